The van der Waals surface area contributed by atoms with Gasteiger partial charge in [0, 0.05) is 6.04 Å². The molecule has 0 amide bonds. The first kappa shape index (κ1) is 13.1. The molecule has 0 bridgehead atoms. The number of nitrogens with zero attached hydrogens (tertiary/aromatic N) is 2. The quantitative estimate of drug-likeness (QED) is 0.904. The van der Waals surface area contributed by atoms with Crippen molar-refractivity contribution in [2.45, 2.75) is 58.0 Å². The van der Waals surface area contributed by atoms with E-state index in [-0.39, 0.29) is 5.54 Å². The van der Waals surface area contributed by atoms with Crippen LogP contribution in [0.4, 0.5) is 0 Å². The lowest BCUT2D eigenvalue weighted by Gasteiger charge is -2.31. The van der Waals surface area contributed by atoms with Gasteiger partial charge in [0.2, 0.25) is 0 Å². The van der Waals surface area contributed by atoms with E-state index in [9.17, 15) is 0 Å². The molecule has 2 rings (SSSR count). The zero-order chi connectivity index (χ0) is 12.5. The number of nitrogens with one attached hydrogen (secondary N) is 1. The number of hydrogen-bond acceptors (Lipinski definition) is 2. The zero-order valence-corrected chi connectivity index (χ0v) is 12.5. The van der Waals surface area contributed by atoms with Crippen LogP contribution >= 0.6 is 15.9 Å². The Bertz CT molecular complexity index is 376. The van der Waals surface area contributed by atoms with Crippen molar-refractivity contribution in [2.75, 3.05) is 6.54 Å². The van der Waals surface area contributed by atoms with Crippen molar-refractivity contribution < 1.29 is 0 Å². The standard InChI is InChI=1S/C13H22BrN3/c1-10(2)17-12(11(14)9-16-17)13(3)7-5-4-6-8-15-13/h9-10,15H,4-8H2,1-3H3. The molecule has 3 nitrogen and oxygen atoms in total. The largest absolute Gasteiger partial charge is 0.306 e. The summed E-state index contributed by atoms with van der Waals surface area (Å²) in [6.07, 6.45) is 7.01. The number of aromatic nitrogens is 2. The van der Waals surface area contributed by atoms with E-state index in [1.807, 2.05) is 6.20 Å². The van der Waals surface area contributed by atoms with E-state index in [4.69, 9.17) is 0 Å². The maximum Gasteiger partial charge on any atom is 0.0727 e. The van der Waals surface area contributed by atoms with Gasteiger partial charge in [-0.25, -0.2) is 0 Å². The Morgan fingerprint density at radius 1 is 1.41 bits per heavy atom. The summed E-state index contributed by atoms with van der Waals surface area (Å²) < 4.78 is 3.27. The summed E-state index contributed by atoms with van der Waals surface area (Å²) in [4.78, 5) is 0. The van der Waals surface area contributed by atoms with Crippen LogP contribution in [0, 0.1) is 0 Å². The highest BCUT2D eigenvalue weighted by Crippen LogP contribution is 2.35. The fourth-order valence-electron chi connectivity index (χ4n) is 2.68. The lowest BCUT2D eigenvalue weighted by Crippen LogP contribution is -2.41. The van der Waals surface area contributed by atoms with Crippen LogP contribution in [0.25, 0.3) is 0 Å². The highest BCUT2D eigenvalue weighted by Gasteiger charge is 2.33. The molecule has 1 fully saturated rings. The normalized spacial score (nSPS) is 26.2. The Morgan fingerprint density at radius 2 is 2.18 bits per heavy atom. The van der Waals surface area contributed by atoms with Crippen molar-refractivity contribution in [3.05, 3.63) is 16.4 Å². The minimum atomic E-state index is 0.0517. The average molecular weight is 300 g/mol. The van der Waals surface area contributed by atoms with Crippen LogP contribution in [-0.4, -0.2) is 16.3 Å². The third-order valence-electron chi connectivity index (χ3n) is 3.63. The van der Waals surface area contributed by atoms with Crippen LogP contribution in [0.2, 0.25) is 0 Å². The maximum absolute atomic E-state index is 4.50. The molecule has 0 aromatic carbocycles. The molecule has 2 heterocycles. The molecule has 17 heavy (non-hydrogen) atoms. The molecule has 1 aromatic rings. The summed E-state index contributed by atoms with van der Waals surface area (Å²) in [5.74, 6) is 0. The van der Waals surface area contributed by atoms with Crippen LogP contribution in [0.3, 0.4) is 0 Å². The van der Waals surface area contributed by atoms with Crippen LogP contribution in [-0.2, 0) is 5.54 Å². The van der Waals surface area contributed by atoms with Crippen molar-refractivity contribution in [3.63, 3.8) is 0 Å². The summed E-state index contributed by atoms with van der Waals surface area (Å²) in [5.41, 5.74) is 1.35. The van der Waals surface area contributed by atoms with Gasteiger partial charge in [-0.05, 0) is 56.1 Å². The molecule has 1 saturated heterocycles. The molecule has 1 atom stereocenters. The number of hydrogen-bond donors (Lipinski definition) is 1. The van der Waals surface area contributed by atoms with Crippen LogP contribution in [0.15, 0.2) is 10.7 Å². The van der Waals surface area contributed by atoms with Gasteiger partial charge in [-0.2, -0.15) is 5.10 Å². The maximum atomic E-state index is 4.50. The van der Waals surface area contributed by atoms with Crippen LogP contribution < -0.4 is 5.32 Å². The molecule has 0 spiro atoms. The van der Waals surface area contributed by atoms with Gasteiger partial charge in [0.05, 0.1) is 21.9 Å². The van der Waals surface area contributed by atoms with Crippen molar-refractivity contribution in [2.24, 2.45) is 0 Å². The second-order valence-electron chi connectivity index (χ2n) is 5.45. The molecule has 1 aliphatic rings. The second kappa shape index (κ2) is 5.11. The topological polar surface area (TPSA) is 29.9 Å². The molecule has 1 aromatic heterocycles. The fourth-order valence-corrected chi connectivity index (χ4v) is 3.40. The molecule has 96 valence electrons. The predicted octanol–water partition coefficient (Wildman–Crippen LogP) is 3.61. The third kappa shape index (κ3) is 2.58. The molecule has 1 aliphatic heterocycles. The summed E-state index contributed by atoms with van der Waals surface area (Å²) in [6, 6.07) is 0.401. The molecular weight excluding hydrogens is 278 g/mol. The van der Waals surface area contributed by atoms with Gasteiger partial charge in [-0.3, -0.25) is 4.68 Å². The number of rotatable bonds is 2. The number of halogens is 1. The Kier molecular flexibility index (Phi) is 3.93. The Balaban J connectivity index is 2.39. The summed E-state index contributed by atoms with van der Waals surface area (Å²) in [6.45, 7) is 7.77. The van der Waals surface area contributed by atoms with Crippen molar-refractivity contribution in [3.8, 4) is 0 Å². The van der Waals surface area contributed by atoms with Gasteiger partial charge in [-0.1, -0.05) is 12.8 Å². The summed E-state index contributed by atoms with van der Waals surface area (Å²) in [5, 5.41) is 8.20. The highest BCUT2D eigenvalue weighted by molar-refractivity contribution is 9.10. The first-order valence-electron chi connectivity index (χ1n) is 6.53. The Hall–Kier alpha value is -0.350. The fraction of sp³-hybridized carbons (Fsp3) is 0.769. The van der Waals surface area contributed by atoms with E-state index in [1.165, 1.54) is 31.4 Å². The monoisotopic (exact) mass is 299 g/mol. The minimum Gasteiger partial charge on any atom is -0.306 e. The van der Waals surface area contributed by atoms with E-state index in [2.05, 4.69) is 51.8 Å². The van der Waals surface area contributed by atoms with Gasteiger partial charge in [0.15, 0.2) is 0 Å². The summed E-state index contributed by atoms with van der Waals surface area (Å²) >= 11 is 3.66. The zero-order valence-electron chi connectivity index (χ0n) is 11.0. The minimum absolute atomic E-state index is 0.0517. The van der Waals surface area contributed by atoms with E-state index in [0.29, 0.717) is 6.04 Å². The SMILES string of the molecule is CC(C)n1ncc(Br)c1C1(C)CCCCCN1. The van der Waals surface area contributed by atoms with Crippen LogP contribution in [0.1, 0.15) is 58.2 Å². The van der Waals surface area contributed by atoms with E-state index >= 15 is 0 Å². The Morgan fingerprint density at radius 3 is 2.88 bits per heavy atom. The first-order valence-corrected chi connectivity index (χ1v) is 7.32. The molecule has 0 radical (unpaired) electrons. The predicted molar refractivity (Wildman–Crippen MR) is 74.1 cm³/mol. The smallest absolute Gasteiger partial charge is 0.0727 e. The van der Waals surface area contributed by atoms with Crippen LogP contribution in [0.5, 0.6) is 0 Å². The first-order chi connectivity index (χ1) is 8.04. The van der Waals surface area contributed by atoms with Gasteiger partial charge in [0.25, 0.3) is 0 Å². The average Bonchev–Trinajstić information content (AvgIpc) is 2.53. The van der Waals surface area contributed by atoms with Gasteiger partial charge < -0.3 is 5.32 Å². The molecule has 1 unspecified atom stereocenters. The van der Waals surface area contributed by atoms with Crippen molar-refractivity contribution in [1.29, 1.82) is 0 Å². The second-order valence-corrected chi connectivity index (χ2v) is 6.30. The summed E-state index contributed by atoms with van der Waals surface area (Å²) in [7, 11) is 0. The van der Waals surface area contributed by atoms with Crippen molar-refractivity contribution in [1.82, 2.24) is 15.1 Å². The van der Waals surface area contributed by atoms with E-state index in [0.717, 1.165) is 11.0 Å². The lowest BCUT2D eigenvalue weighted by molar-refractivity contribution is 0.318. The molecule has 0 aliphatic carbocycles. The van der Waals surface area contributed by atoms with Gasteiger partial charge in [-0.15, -0.1) is 0 Å². The van der Waals surface area contributed by atoms with E-state index in [1.54, 1.807) is 0 Å². The van der Waals surface area contributed by atoms with Gasteiger partial charge in [0.1, 0.15) is 0 Å². The van der Waals surface area contributed by atoms with Crippen molar-refractivity contribution >= 4 is 15.9 Å². The molecular formula is C13H22BrN3. The molecule has 1 N–H and O–H groups in total. The lowest BCUT2D eigenvalue weighted by atomic mass is 9.92. The third-order valence-corrected chi connectivity index (χ3v) is 4.21. The molecule has 0 saturated carbocycles. The highest BCUT2D eigenvalue weighted by atomic mass is 79.9. The van der Waals surface area contributed by atoms with Gasteiger partial charge >= 0.3 is 0 Å². The Labute approximate surface area is 112 Å². The van der Waals surface area contributed by atoms with E-state index < -0.39 is 0 Å². The molecule has 4 heteroatoms.